The zero-order valence-corrected chi connectivity index (χ0v) is 18.0. The number of fused-ring (bicyclic) bond motifs is 2. The van der Waals surface area contributed by atoms with Crippen LogP contribution in [-0.2, 0) is 30.5 Å². The van der Waals surface area contributed by atoms with Gasteiger partial charge < -0.3 is 15.0 Å². The third-order valence-corrected chi connectivity index (χ3v) is 5.63. The lowest BCUT2D eigenvalue weighted by Gasteiger charge is -2.26. The molecule has 3 N–H and O–H groups in total. The Balaban J connectivity index is 1.19. The molecule has 35 heavy (non-hydrogen) atoms. The van der Waals surface area contributed by atoms with Crippen LogP contribution in [0.3, 0.4) is 0 Å². The number of nitrogens with one attached hydrogen (secondary N) is 3. The van der Waals surface area contributed by atoms with Crippen LogP contribution in [0.4, 0.5) is 23.7 Å². The third kappa shape index (κ3) is 4.65. The van der Waals surface area contributed by atoms with E-state index in [9.17, 15) is 22.8 Å². The number of aromatic amines is 2. The van der Waals surface area contributed by atoms with Gasteiger partial charge in [0.1, 0.15) is 12.1 Å². The van der Waals surface area contributed by atoms with Gasteiger partial charge in [-0.3, -0.25) is 15.0 Å². The number of hydrogen-bond acceptors (Lipinski definition) is 6. The number of rotatable bonds is 4. The molecule has 0 unspecified atom stereocenters. The number of alkyl halides is 3. The smallest absolute Gasteiger partial charge is 0.416 e. The molecule has 0 spiro atoms. The molecule has 0 atom stereocenters. The van der Waals surface area contributed by atoms with Crippen molar-refractivity contribution in [1.82, 2.24) is 30.5 Å². The van der Waals surface area contributed by atoms with Gasteiger partial charge in [0.05, 0.1) is 23.3 Å². The number of anilines is 1. The summed E-state index contributed by atoms with van der Waals surface area (Å²) in [7, 11) is 0. The standard InChI is InChI=1S/C22H18F3N7O3/c23-22(24,25)13-3-1-12(2-4-13)11-35-21(34)32-8-7-15-18(10-32)27-30-19(15)20(33)26-14-5-6-16-17(9-14)29-31-28-16/h1-6,9H,7-8,10-11H2,(H,26,33)(H,27,30)(H,28,29,31). The van der Waals surface area contributed by atoms with Gasteiger partial charge in [0.25, 0.3) is 5.91 Å². The highest BCUT2D eigenvalue weighted by molar-refractivity contribution is 6.04. The van der Waals surface area contributed by atoms with Crippen molar-refractivity contribution in [2.24, 2.45) is 0 Å². The van der Waals surface area contributed by atoms with Crippen molar-refractivity contribution < 1.29 is 27.5 Å². The Morgan fingerprint density at radius 1 is 1.11 bits per heavy atom. The fourth-order valence-electron chi connectivity index (χ4n) is 3.80. The Hall–Kier alpha value is -4.42. The maximum atomic E-state index is 12.8. The molecule has 3 heterocycles. The Kier molecular flexibility index (Phi) is 5.59. The number of nitrogens with zero attached hydrogens (tertiary/aromatic N) is 4. The van der Waals surface area contributed by atoms with Crippen LogP contribution >= 0.6 is 0 Å². The molecule has 0 fully saturated rings. The highest BCUT2D eigenvalue weighted by Gasteiger charge is 2.30. The van der Waals surface area contributed by atoms with Crippen LogP contribution in [0.2, 0.25) is 0 Å². The quantitative estimate of drug-likeness (QED) is 0.405. The van der Waals surface area contributed by atoms with Gasteiger partial charge in [-0.2, -0.15) is 18.3 Å². The van der Waals surface area contributed by atoms with E-state index in [4.69, 9.17) is 4.74 Å². The van der Waals surface area contributed by atoms with E-state index < -0.39 is 23.7 Å². The monoisotopic (exact) mass is 485 g/mol. The molecule has 0 saturated heterocycles. The molecule has 0 radical (unpaired) electrons. The Bertz CT molecular complexity index is 1400. The highest BCUT2D eigenvalue weighted by Crippen LogP contribution is 2.29. The third-order valence-electron chi connectivity index (χ3n) is 5.63. The topological polar surface area (TPSA) is 129 Å². The summed E-state index contributed by atoms with van der Waals surface area (Å²) >= 11 is 0. The molecule has 0 saturated carbocycles. The van der Waals surface area contributed by atoms with Crippen molar-refractivity contribution in [1.29, 1.82) is 0 Å². The first kappa shape index (κ1) is 22.4. The average Bonchev–Trinajstić information content (AvgIpc) is 3.48. The predicted molar refractivity (Wildman–Crippen MR) is 116 cm³/mol. The number of benzene rings is 2. The summed E-state index contributed by atoms with van der Waals surface area (Å²) in [4.78, 5) is 26.7. The van der Waals surface area contributed by atoms with E-state index in [0.29, 0.717) is 41.0 Å². The van der Waals surface area contributed by atoms with Gasteiger partial charge in [-0.05, 0) is 42.3 Å². The number of halogens is 3. The molecular formula is C22H18F3N7O3. The minimum atomic E-state index is -4.43. The van der Waals surface area contributed by atoms with Crippen molar-refractivity contribution in [2.75, 3.05) is 11.9 Å². The number of amides is 2. The van der Waals surface area contributed by atoms with E-state index in [2.05, 4.69) is 30.9 Å². The number of ether oxygens (including phenoxy) is 1. The van der Waals surface area contributed by atoms with E-state index in [0.717, 1.165) is 17.6 Å². The van der Waals surface area contributed by atoms with E-state index in [1.807, 2.05) is 0 Å². The first-order valence-electron chi connectivity index (χ1n) is 10.5. The molecule has 4 aromatic rings. The van der Waals surface area contributed by atoms with Crippen molar-refractivity contribution in [3.05, 3.63) is 70.5 Å². The second-order valence-electron chi connectivity index (χ2n) is 7.95. The van der Waals surface area contributed by atoms with Gasteiger partial charge in [0.15, 0.2) is 5.69 Å². The Morgan fingerprint density at radius 2 is 1.91 bits per heavy atom. The maximum absolute atomic E-state index is 12.8. The average molecular weight is 485 g/mol. The lowest BCUT2D eigenvalue weighted by molar-refractivity contribution is -0.137. The first-order valence-corrected chi connectivity index (χ1v) is 10.5. The minimum Gasteiger partial charge on any atom is -0.445 e. The van der Waals surface area contributed by atoms with Crippen LogP contribution in [0.1, 0.15) is 32.9 Å². The van der Waals surface area contributed by atoms with Gasteiger partial charge >= 0.3 is 12.3 Å². The van der Waals surface area contributed by atoms with Crippen LogP contribution in [0, 0.1) is 0 Å². The van der Waals surface area contributed by atoms with E-state index in [1.165, 1.54) is 17.0 Å². The summed E-state index contributed by atoms with van der Waals surface area (Å²) in [6, 6.07) is 9.57. The van der Waals surface area contributed by atoms with Crippen molar-refractivity contribution in [2.45, 2.75) is 25.7 Å². The van der Waals surface area contributed by atoms with E-state index in [1.54, 1.807) is 18.2 Å². The lowest BCUT2D eigenvalue weighted by Crippen LogP contribution is -2.36. The van der Waals surface area contributed by atoms with Crippen LogP contribution < -0.4 is 5.32 Å². The summed E-state index contributed by atoms with van der Waals surface area (Å²) in [6.07, 6.45) is -4.66. The number of hydrogen-bond donors (Lipinski definition) is 3. The van der Waals surface area contributed by atoms with Gasteiger partial charge in [-0.15, -0.1) is 5.10 Å². The number of carbonyl (C=O) groups is 2. The molecule has 1 aliphatic rings. The molecule has 10 nitrogen and oxygen atoms in total. The second-order valence-corrected chi connectivity index (χ2v) is 7.95. The van der Waals surface area contributed by atoms with E-state index >= 15 is 0 Å². The summed E-state index contributed by atoms with van der Waals surface area (Å²) in [5.41, 5.74) is 3.11. The van der Waals surface area contributed by atoms with E-state index in [-0.39, 0.29) is 18.8 Å². The molecule has 0 bridgehead atoms. The largest absolute Gasteiger partial charge is 0.445 e. The van der Waals surface area contributed by atoms with Crippen LogP contribution in [0.25, 0.3) is 11.0 Å². The molecule has 1 aliphatic heterocycles. The van der Waals surface area contributed by atoms with Crippen molar-refractivity contribution in [3.8, 4) is 0 Å². The zero-order valence-electron chi connectivity index (χ0n) is 18.0. The number of H-pyrrole nitrogens is 2. The fraction of sp³-hybridized carbons (Fsp3) is 0.227. The molecule has 2 aromatic heterocycles. The van der Waals surface area contributed by atoms with Crippen molar-refractivity contribution in [3.63, 3.8) is 0 Å². The molecule has 13 heteroatoms. The van der Waals surface area contributed by atoms with Crippen LogP contribution in [0.5, 0.6) is 0 Å². The Morgan fingerprint density at radius 3 is 2.69 bits per heavy atom. The number of aromatic nitrogens is 5. The Labute approximate surface area is 195 Å². The summed E-state index contributed by atoms with van der Waals surface area (Å²) in [5, 5.41) is 20.1. The lowest BCUT2D eigenvalue weighted by atomic mass is 10.0. The summed E-state index contributed by atoms with van der Waals surface area (Å²) in [5.74, 6) is -0.399. The van der Waals surface area contributed by atoms with Gasteiger partial charge in [-0.25, -0.2) is 4.79 Å². The SMILES string of the molecule is O=C(Nc1ccc2[nH]nnc2c1)c1n[nH]c2c1CCN(C(=O)OCc1ccc(C(F)(F)F)cc1)C2. The normalized spacial score (nSPS) is 13.5. The van der Waals surface area contributed by atoms with Crippen LogP contribution in [0.15, 0.2) is 42.5 Å². The first-order chi connectivity index (χ1) is 16.8. The van der Waals surface area contributed by atoms with Crippen LogP contribution in [-0.4, -0.2) is 49.1 Å². The predicted octanol–water partition coefficient (Wildman–Crippen LogP) is 3.65. The van der Waals surface area contributed by atoms with Crippen molar-refractivity contribution >= 4 is 28.7 Å². The summed E-state index contributed by atoms with van der Waals surface area (Å²) < 4.78 is 43.3. The maximum Gasteiger partial charge on any atom is 0.416 e. The molecular weight excluding hydrogens is 467 g/mol. The molecule has 0 aliphatic carbocycles. The molecule has 5 rings (SSSR count). The number of carbonyl (C=O) groups excluding carboxylic acids is 2. The molecule has 2 aromatic carbocycles. The van der Waals surface area contributed by atoms with Gasteiger partial charge in [0.2, 0.25) is 0 Å². The molecule has 2 amide bonds. The summed E-state index contributed by atoms with van der Waals surface area (Å²) in [6.45, 7) is 0.294. The zero-order chi connectivity index (χ0) is 24.6. The highest BCUT2D eigenvalue weighted by atomic mass is 19.4. The minimum absolute atomic E-state index is 0.159. The van der Waals surface area contributed by atoms with Gasteiger partial charge in [0, 0.05) is 17.8 Å². The second kappa shape index (κ2) is 8.74. The molecule has 180 valence electrons. The van der Waals surface area contributed by atoms with Gasteiger partial charge in [-0.1, -0.05) is 17.3 Å². The fourth-order valence-corrected chi connectivity index (χ4v) is 3.80.